The van der Waals surface area contributed by atoms with E-state index >= 15 is 0 Å². The van der Waals surface area contributed by atoms with Gasteiger partial charge in [-0.2, -0.15) is 0 Å². The zero-order valence-electron chi connectivity index (χ0n) is 15.7. The minimum atomic E-state index is 0.0253. The molecule has 1 saturated heterocycles. The third-order valence-corrected chi connectivity index (χ3v) is 5.02. The Morgan fingerprint density at radius 3 is 3.04 bits per heavy atom. The number of nitrogens with one attached hydrogen (secondary N) is 1. The van der Waals surface area contributed by atoms with E-state index in [1.807, 2.05) is 59.1 Å². The first kappa shape index (κ1) is 17.5. The van der Waals surface area contributed by atoms with Crippen LogP contribution in [0.5, 0.6) is 5.75 Å². The Morgan fingerprint density at radius 1 is 1.33 bits per heavy atom. The molecule has 3 heterocycles. The fraction of sp³-hybridized carbons (Fsp3) is 0.333. The maximum Gasteiger partial charge on any atom is 0.254 e. The summed E-state index contributed by atoms with van der Waals surface area (Å²) < 4.78 is 7.89. The molecule has 2 aromatic heterocycles. The SMILES string of the molecule is Cc1ccc2nc(COc3cccc(C(=O)N(C)C4CCNC4)c3)cn2c1. The van der Waals surface area contributed by atoms with E-state index < -0.39 is 0 Å². The van der Waals surface area contributed by atoms with E-state index in [1.54, 1.807) is 6.07 Å². The number of aryl methyl sites for hydroxylation is 1. The second kappa shape index (κ2) is 7.40. The summed E-state index contributed by atoms with van der Waals surface area (Å²) in [4.78, 5) is 19.1. The molecule has 0 aliphatic carbocycles. The topological polar surface area (TPSA) is 58.9 Å². The molecule has 27 heavy (non-hydrogen) atoms. The number of nitrogens with zero attached hydrogens (tertiary/aromatic N) is 3. The largest absolute Gasteiger partial charge is 0.487 e. The summed E-state index contributed by atoms with van der Waals surface area (Å²) >= 11 is 0. The van der Waals surface area contributed by atoms with Crippen LogP contribution in [0.15, 0.2) is 48.8 Å². The number of ether oxygens (including phenoxy) is 1. The van der Waals surface area contributed by atoms with Crippen LogP contribution in [0.2, 0.25) is 0 Å². The van der Waals surface area contributed by atoms with Crippen LogP contribution < -0.4 is 10.1 Å². The van der Waals surface area contributed by atoms with E-state index in [4.69, 9.17) is 4.74 Å². The van der Waals surface area contributed by atoms with Gasteiger partial charge in [-0.3, -0.25) is 4.79 Å². The van der Waals surface area contributed by atoms with Crippen molar-refractivity contribution in [2.75, 3.05) is 20.1 Å². The third kappa shape index (κ3) is 3.80. The van der Waals surface area contributed by atoms with E-state index in [-0.39, 0.29) is 11.9 Å². The molecule has 4 rings (SSSR count). The van der Waals surface area contributed by atoms with Crippen molar-refractivity contribution < 1.29 is 9.53 Å². The van der Waals surface area contributed by atoms with E-state index in [0.29, 0.717) is 17.9 Å². The molecule has 1 aliphatic heterocycles. The second-order valence-electron chi connectivity index (χ2n) is 7.08. The van der Waals surface area contributed by atoms with Crippen LogP contribution in [0, 0.1) is 6.92 Å². The van der Waals surface area contributed by atoms with Gasteiger partial charge in [-0.25, -0.2) is 4.98 Å². The lowest BCUT2D eigenvalue weighted by molar-refractivity contribution is 0.0743. The van der Waals surface area contributed by atoms with Crippen LogP contribution in [-0.2, 0) is 6.61 Å². The van der Waals surface area contributed by atoms with E-state index in [0.717, 1.165) is 30.9 Å². The van der Waals surface area contributed by atoms with Gasteiger partial charge >= 0.3 is 0 Å². The lowest BCUT2D eigenvalue weighted by Crippen LogP contribution is -2.38. The zero-order chi connectivity index (χ0) is 18.8. The summed E-state index contributed by atoms with van der Waals surface area (Å²) in [5.41, 5.74) is 3.58. The van der Waals surface area contributed by atoms with E-state index in [9.17, 15) is 4.79 Å². The fourth-order valence-electron chi connectivity index (χ4n) is 3.44. The predicted octanol–water partition coefficient (Wildman–Crippen LogP) is 2.66. The van der Waals surface area contributed by atoms with Gasteiger partial charge in [0.25, 0.3) is 5.91 Å². The molecule has 1 unspecified atom stereocenters. The maximum absolute atomic E-state index is 12.7. The fourth-order valence-corrected chi connectivity index (χ4v) is 3.44. The minimum Gasteiger partial charge on any atom is -0.487 e. The first-order chi connectivity index (χ1) is 13.1. The standard InChI is InChI=1S/C21H24N4O2/c1-15-6-7-20-23-17(13-25(20)12-15)14-27-19-5-3-4-16(10-19)21(26)24(2)18-8-9-22-11-18/h3-7,10,12-13,18,22H,8-9,11,14H2,1-2H3. The molecule has 1 fully saturated rings. The Labute approximate surface area is 158 Å². The first-order valence-corrected chi connectivity index (χ1v) is 9.25. The normalized spacial score (nSPS) is 16.6. The van der Waals surface area contributed by atoms with Gasteiger partial charge in [-0.15, -0.1) is 0 Å². The van der Waals surface area contributed by atoms with Crippen LogP contribution in [0.4, 0.5) is 0 Å². The molecule has 6 heteroatoms. The molecule has 0 bridgehead atoms. The molecule has 1 aliphatic rings. The number of hydrogen-bond acceptors (Lipinski definition) is 4. The van der Waals surface area contributed by atoms with Gasteiger partial charge in [0, 0.05) is 37.6 Å². The van der Waals surface area contributed by atoms with Crippen LogP contribution in [0.1, 0.15) is 28.0 Å². The van der Waals surface area contributed by atoms with E-state index in [1.165, 1.54) is 5.56 Å². The number of fused-ring (bicyclic) bond motifs is 1. The van der Waals surface area contributed by atoms with Crippen LogP contribution in [-0.4, -0.2) is 46.4 Å². The number of hydrogen-bond donors (Lipinski definition) is 1. The molecule has 0 radical (unpaired) electrons. The molecule has 3 aromatic rings. The second-order valence-corrected chi connectivity index (χ2v) is 7.08. The quantitative estimate of drug-likeness (QED) is 0.756. The smallest absolute Gasteiger partial charge is 0.254 e. The number of pyridine rings is 1. The van der Waals surface area contributed by atoms with Crippen LogP contribution in [0.3, 0.4) is 0 Å². The molecular formula is C21H24N4O2. The van der Waals surface area contributed by atoms with Crippen molar-refractivity contribution in [3.05, 3.63) is 65.6 Å². The Morgan fingerprint density at radius 2 is 2.22 bits per heavy atom. The number of likely N-dealkylation sites (N-methyl/N-ethyl adjacent to an activating group) is 1. The van der Waals surface area contributed by atoms with Gasteiger partial charge in [0.2, 0.25) is 0 Å². The number of amides is 1. The summed E-state index contributed by atoms with van der Waals surface area (Å²) in [6.07, 6.45) is 5.00. The summed E-state index contributed by atoms with van der Waals surface area (Å²) in [6, 6.07) is 11.7. The van der Waals surface area contributed by atoms with Gasteiger partial charge in [0.1, 0.15) is 18.0 Å². The number of imidazole rings is 1. The minimum absolute atomic E-state index is 0.0253. The first-order valence-electron chi connectivity index (χ1n) is 9.25. The Balaban J connectivity index is 1.44. The highest BCUT2D eigenvalue weighted by Gasteiger charge is 2.24. The van der Waals surface area contributed by atoms with Crippen molar-refractivity contribution in [2.24, 2.45) is 0 Å². The van der Waals surface area contributed by atoms with Crippen LogP contribution in [0.25, 0.3) is 5.65 Å². The summed E-state index contributed by atoms with van der Waals surface area (Å²) in [7, 11) is 1.87. The molecular weight excluding hydrogens is 340 g/mol. The van der Waals surface area contributed by atoms with Gasteiger partial charge < -0.3 is 19.4 Å². The lowest BCUT2D eigenvalue weighted by atomic mass is 10.1. The zero-order valence-corrected chi connectivity index (χ0v) is 15.7. The van der Waals surface area contributed by atoms with Gasteiger partial charge in [0.15, 0.2) is 0 Å². The highest BCUT2D eigenvalue weighted by atomic mass is 16.5. The number of rotatable bonds is 5. The molecule has 140 valence electrons. The molecule has 0 saturated carbocycles. The molecule has 1 amide bonds. The van der Waals surface area contributed by atoms with Gasteiger partial charge in [-0.05, 0) is 49.7 Å². The number of carbonyl (C=O) groups excluding carboxylic acids is 1. The molecule has 1 N–H and O–H groups in total. The highest BCUT2D eigenvalue weighted by Crippen LogP contribution is 2.18. The Hall–Kier alpha value is -2.86. The number of carbonyl (C=O) groups is 1. The third-order valence-electron chi connectivity index (χ3n) is 5.02. The van der Waals surface area contributed by atoms with Crippen molar-refractivity contribution in [3.63, 3.8) is 0 Å². The van der Waals surface area contributed by atoms with Crippen molar-refractivity contribution in [1.29, 1.82) is 0 Å². The predicted molar refractivity (Wildman–Crippen MR) is 104 cm³/mol. The van der Waals surface area contributed by atoms with Gasteiger partial charge in [-0.1, -0.05) is 12.1 Å². The average molecular weight is 364 g/mol. The summed E-state index contributed by atoms with van der Waals surface area (Å²) in [5, 5.41) is 3.30. The van der Waals surface area contributed by atoms with Crippen molar-refractivity contribution in [3.8, 4) is 5.75 Å². The molecule has 6 nitrogen and oxygen atoms in total. The Bertz CT molecular complexity index is 960. The average Bonchev–Trinajstić information content (AvgIpc) is 3.34. The summed E-state index contributed by atoms with van der Waals surface area (Å²) in [6.45, 7) is 4.23. The summed E-state index contributed by atoms with van der Waals surface area (Å²) in [5.74, 6) is 0.699. The number of benzene rings is 1. The molecule has 1 aromatic carbocycles. The van der Waals surface area contributed by atoms with Gasteiger partial charge in [0.05, 0.1) is 5.69 Å². The van der Waals surface area contributed by atoms with Crippen molar-refractivity contribution in [2.45, 2.75) is 26.0 Å². The monoisotopic (exact) mass is 364 g/mol. The molecule has 1 atom stereocenters. The Kier molecular flexibility index (Phi) is 4.81. The lowest BCUT2D eigenvalue weighted by Gasteiger charge is -2.24. The number of aromatic nitrogens is 2. The van der Waals surface area contributed by atoms with Crippen molar-refractivity contribution >= 4 is 11.6 Å². The highest BCUT2D eigenvalue weighted by molar-refractivity contribution is 5.94. The maximum atomic E-state index is 12.7. The van der Waals surface area contributed by atoms with E-state index in [2.05, 4.69) is 17.2 Å². The van der Waals surface area contributed by atoms with Crippen molar-refractivity contribution in [1.82, 2.24) is 19.6 Å². The molecule has 0 spiro atoms. The van der Waals surface area contributed by atoms with Crippen LogP contribution >= 0.6 is 0 Å².